The van der Waals surface area contributed by atoms with Crippen molar-refractivity contribution in [2.45, 2.75) is 13.3 Å². The number of hydrogen-bond donors (Lipinski definition) is 1. The summed E-state index contributed by atoms with van der Waals surface area (Å²) in [6.45, 7) is 1.69. The molecule has 0 saturated carbocycles. The van der Waals surface area contributed by atoms with Crippen molar-refractivity contribution in [2.24, 2.45) is 5.92 Å². The smallest absolute Gasteiger partial charge is 0.306 e. The van der Waals surface area contributed by atoms with Crippen molar-refractivity contribution in [3.05, 3.63) is 42.1 Å². The number of fused-ring (bicyclic) bond motifs is 1. The quantitative estimate of drug-likeness (QED) is 0.855. The lowest BCUT2D eigenvalue weighted by atomic mass is 10.0. The molecule has 2 aromatic rings. The summed E-state index contributed by atoms with van der Waals surface area (Å²) in [6.07, 6.45) is 0.472. The standard InChI is InChI=1S/C13H13NO2/c1-9(13(15)16)8-11-7-6-10-4-2-3-5-12(10)14-11/h2-7,9H,8H2,1H3,(H,15,16)/t9-/m0/s1. The van der Waals surface area contributed by atoms with E-state index in [-0.39, 0.29) is 0 Å². The molecule has 1 heterocycles. The number of carbonyl (C=O) groups is 1. The van der Waals surface area contributed by atoms with Crippen LogP contribution >= 0.6 is 0 Å². The van der Waals surface area contributed by atoms with E-state index < -0.39 is 11.9 Å². The fraction of sp³-hybridized carbons (Fsp3) is 0.231. The van der Waals surface area contributed by atoms with Gasteiger partial charge in [0.25, 0.3) is 0 Å². The average molecular weight is 215 g/mol. The molecule has 0 spiro atoms. The molecule has 1 atom stereocenters. The summed E-state index contributed by atoms with van der Waals surface area (Å²) in [5.41, 5.74) is 1.74. The zero-order valence-corrected chi connectivity index (χ0v) is 9.05. The van der Waals surface area contributed by atoms with Gasteiger partial charge in [0.1, 0.15) is 0 Å². The second-order valence-electron chi connectivity index (χ2n) is 3.94. The summed E-state index contributed by atoms with van der Waals surface area (Å²) in [7, 11) is 0. The van der Waals surface area contributed by atoms with Gasteiger partial charge in [-0.05, 0) is 12.1 Å². The van der Waals surface area contributed by atoms with Crippen LogP contribution in [-0.4, -0.2) is 16.1 Å². The summed E-state index contributed by atoms with van der Waals surface area (Å²) in [6, 6.07) is 11.7. The lowest BCUT2D eigenvalue weighted by Crippen LogP contribution is -2.12. The van der Waals surface area contributed by atoms with Gasteiger partial charge in [0.2, 0.25) is 0 Å². The molecule has 3 heteroatoms. The molecule has 1 aromatic carbocycles. The minimum Gasteiger partial charge on any atom is -0.481 e. The maximum Gasteiger partial charge on any atom is 0.306 e. The van der Waals surface area contributed by atoms with E-state index in [9.17, 15) is 4.79 Å². The van der Waals surface area contributed by atoms with Crippen LogP contribution in [0, 0.1) is 5.92 Å². The van der Waals surface area contributed by atoms with E-state index >= 15 is 0 Å². The molecule has 0 unspecified atom stereocenters. The van der Waals surface area contributed by atoms with Crippen molar-refractivity contribution < 1.29 is 9.90 Å². The third kappa shape index (κ3) is 2.19. The molecular weight excluding hydrogens is 202 g/mol. The Morgan fingerprint density at radius 2 is 2.06 bits per heavy atom. The maximum absolute atomic E-state index is 10.7. The number of benzene rings is 1. The highest BCUT2D eigenvalue weighted by Crippen LogP contribution is 2.14. The highest BCUT2D eigenvalue weighted by molar-refractivity contribution is 5.78. The lowest BCUT2D eigenvalue weighted by molar-refractivity contribution is -0.141. The predicted octanol–water partition coefficient (Wildman–Crippen LogP) is 2.50. The van der Waals surface area contributed by atoms with Crippen molar-refractivity contribution >= 4 is 16.9 Å². The monoisotopic (exact) mass is 215 g/mol. The number of nitrogens with zero attached hydrogens (tertiary/aromatic N) is 1. The van der Waals surface area contributed by atoms with Crippen LogP contribution in [0.1, 0.15) is 12.6 Å². The third-order valence-corrected chi connectivity index (χ3v) is 2.59. The molecule has 0 aliphatic rings. The first kappa shape index (κ1) is 10.6. The van der Waals surface area contributed by atoms with Crippen LogP contribution in [0.5, 0.6) is 0 Å². The Kier molecular flexibility index (Phi) is 2.86. The van der Waals surface area contributed by atoms with Crippen molar-refractivity contribution in [1.29, 1.82) is 0 Å². The molecule has 1 N–H and O–H groups in total. The summed E-state index contributed by atoms with van der Waals surface area (Å²) in [4.78, 5) is 15.2. The van der Waals surface area contributed by atoms with Gasteiger partial charge in [-0.3, -0.25) is 9.78 Å². The Hall–Kier alpha value is -1.90. The van der Waals surface area contributed by atoms with Gasteiger partial charge in [-0.15, -0.1) is 0 Å². The van der Waals surface area contributed by atoms with Crippen molar-refractivity contribution in [3.8, 4) is 0 Å². The molecule has 82 valence electrons. The highest BCUT2D eigenvalue weighted by Gasteiger charge is 2.12. The number of para-hydroxylation sites is 1. The molecule has 0 fully saturated rings. The largest absolute Gasteiger partial charge is 0.481 e. The van der Waals surface area contributed by atoms with Gasteiger partial charge in [0.15, 0.2) is 0 Å². The fourth-order valence-corrected chi connectivity index (χ4v) is 1.62. The van der Waals surface area contributed by atoms with E-state index in [0.717, 1.165) is 16.6 Å². The number of pyridine rings is 1. The van der Waals surface area contributed by atoms with Crippen LogP contribution < -0.4 is 0 Å². The molecule has 0 radical (unpaired) electrons. The molecule has 0 saturated heterocycles. The SMILES string of the molecule is C[C@@H](Cc1ccc2ccccc2n1)C(=O)O. The summed E-state index contributed by atoms with van der Waals surface area (Å²) in [5.74, 6) is -1.18. The van der Waals surface area contributed by atoms with E-state index in [1.807, 2.05) is 36.4 Å². The molecular formula is C13H13NO2. The van der Waals surface area contributed by atoms with Gasteiger partial charge < -0.3 is 5.11 Å². The normalized spacial score (nSPS) is 12.6. The van der Waals surface area contributed by atoms with E-state index in [4.69, 9.17) is 5.11 Å². The Morgan fingerprint density at radius 3 is 2.81 bits per heavy atom. The Balaban J connectivity index is 2.29. The Labute approximate surface area is 93.7 Å². The fourth-order valence-electron chi connectivity index (χ4n) is 1.62. The lowest BCUT2D eigenvalue weighted by Gasteiger charge is -2.06. The van der Waals surface area contributed by atoms with Crippen LogP contribution in [0.15, 0.2) is 36.4 Å². The Bertz CT molecular complexity index is 522. The van der Waals surface area contributed by atoms with Gasteiger partial charge in [-0.2, -0.15) is 0 Å². The number of carboxylic acid groups (broad SMARTS) is 1. The van der Waals surface area contributed by atoms with Crippen molar-refractivity contribution in [2.75, 3.05) is 0 Å². The first-order chi connectivity index (χ1) is 7.66. The van der Waals surface area contributed by atoms with Gasteiger partial charge in [-0.25, -0.2) is 0 Å². The van der Waals surface area contributed by atoms with Crippen LogP contribution in [-0.2, 0) is 11.2 Å². The highest BCUT2D eigenvalue weighted by atomic mass is 16.4. The number of hydrogen-bond acceptors (Lipinski definition) is 2. The minimum absolute atomic E-state index is 0.395. The number of aromatic nitrogens is 1. The molecule has 0 bridgehead atoms. The second-order valence-corrected chi connectivity index (χ2v) is 3.94. The molecule has 2 rings (SSSR count). The zero-order valence-electron chi connectivity index (χ0n) is 9.05. The number of aliphatic carboxylic acids is 1. The average Bonchev–Trinajstić information content (AvgIpc) is 2.28. The molecule has 3 nitrogen and oxygen atoms in total. The predicted molar refractivity (Wildman–Crippen MR) is 62.2 cm³/mol. The summed E-state index contributed by atoms with van der Waals surface area (Å²) < 4.78 is 0. The molecule has 0 aliphatic heterocycles. The van der Waals surface area contributed by atoms with Crippen LogP contribution in [0.4, 0.5) is 0 Å². The molecule has 16 heavy (non-hydrogen) atoms. The number of rotatable bonds is 3. The van der Waals surface area contributed by atoms with Gasteiger partial charge >= 0.3 is 5.97 Å². The number of carboxylic acids is 1. The van der Waals surface area contributed by atoms with Crippen molar-refractivity contribution in [1.82, 2.24) is 4.98 Å². The Morgan fingerprint density at radius 1 is 1.31 bits per heavy atom. The minimum atomic E-state index is -0.782. The van der Waals surface area contributed by atoms with Crippen molar-refractivity contribution in [3.63, 3.8) is 0 Å². The first-order valence-corrected chi connectivity index (χ1v) is 5.24. The summed E-state index contributed by atoms with van der Waals surface area (Å²) >= 11 is 0. The molecule has 0 aliphatic carbocycles. The van der Waals surface area contributed by atoms with Gasteiger partial charge in [-0.1, -0.05) is 31.2 Å². The maximum atomic E-state index is 10.7. The molecule has 0 amide bonds. The summed E-state index contributed by atoms with van der Waals surface area (Å²) in [5, 5.41) is 9.91. The van der Waals surface area contributed by atoms with E-state index in [2.05, 4.69) is 4.98 Å². The van der Waals surface area contributed by atoms with E-state index in [1.54, 1.807) is 6.92 Å². The zero-order chi connectivity index (χ0) is 11.5. The van der Waals surface area contributed by atoms with E-state index in [0.29, 0.717) is 6.42 Å². The van der Waals surface area contributed by atoms with Gasteiger partial charge in [0, 0.05) is 17.5 Å². The van der Waals surface area contributed by atoms with Gasteiger partial charge in [0.05, 0.1) is 11.4 Å². The first-order valence-electron chi connectivity index (χ1n) is 5.24. The van der Waals surface area contributed by atoms with Crippen LogP contribution in [0.2, 0.25) is 0 Å². The topological polar surface area (TPSA) is 50.2 Å². The van der Waals surface area contributed by atoms with Crippen LogP contribution in [0.25, 0.3) is 10.9 Å². The third-order valence-electron chi connectivity index (χ3n) is 2.59. The van der Waals surface area contributed by atoms with Crippen LogP contribution in [0.3, 0.4) is 0 Å². The second kappa shape index (κ2) is 4.31. The molecule has 1 aromatic heterocycles. The van der Waals surface area contributed by atoms with E-state index in [1.165, 1.54) is 0 Å².